The van der Waals surface area contributed by atoms with Gasteiger partial charge in [0.1, 0.15) is 17.5 Å². The van der Waals surface area contributed by atoms with Gasteiger partial charge in [0.05, 0.1) is 23.7 Å². The Bertz CT molecular complexity index is 1120. The van der Waals surface area contributed by atoms with Crippen LogP contribution in [0.2, 0.25) is 0 Å². The molecule has 12 heteroatoms. The molecule has 2 aliphatic heterocycles. The quantitative estimate of drug-likeness (QED) is 0.635. The van der Waals surface area contributed by atoms with Gasteiger partial charge in [-0.05, 0) is 19.1 Å². The molecule has 0 saturated carbocycles. The number of halogens is 2. The second-order valence-electron chi connectivity index (χ2n) is 7.81. The zero-order valence-electron chi connectivity index (χ0n) is 18.2. The van der Waals surface area contributed by atoms with E-state index in [0.29, 0.717) is 45.2 Å². The van der Waals surface area contributed by atoms with Crippen LogP contribution in [-0.4, -0.2) is 87.4 Å². The van der Waals surface area contributed by atoms with Gasteiger partial charge in [-0.1, -0.05) is 12.1 Å². The minimum absolute atomic E-state index is 0.237. The fourth-order valence-electron chi connectivity index (χ4n) is 3.95. The molecular formula is C21H25F2N5O4S. The molecule has 2 aromatic rings. The Hall–Kier alpha value is -2.86. The fourth-order valence-corrected chi connectivity index (χ4v) is 4.87. The van der Waals surface area contributed by atoms with Crippen molar-refractivity contribution in [3.63, 3.8) is 0 Å². The average Bonchev–Trinajstić information content (AvgIpc) is 2.84. The van der Waals surface area contributed by atoms with E-state index in [2.05, 4.69) is 14.9 Å². The first-order valence-electron chi connectivity index (χ1n) is 10.6. The molecule has 2 saturated heterocycles. The van der Waals surface area contributed by atoms with Crippen molar-refractivity contribution < 1.29 is 26.7 Å². The van der Waals surface area contributed by atoms with E-state index in [4.69, 9.17) is 4.74 Å². The van der Waals surface area contributed by atoms with Gasteiger partial charge in [-0.25, -0.2) is 18.4 Å². The number of amides is 1. The number of rotatable bonds is 5. The van der Waals surface area contributed by atoms with E-state index in [1.54, 1.807) is 0 Å². The molecule has 0 bridgehead atoms. The van der Waals surface area contributed by atoms with E-state index in [1.165, 1.54) is 23.1 Å². The summed E-state index contributed by atoms with van der Waals surface area (Å²) >= 11 is 0. The third-order valence-electron chi connectivity index (χ3n) is 5.70. The molecule has 0 N–H and O–H groups in total. The topological polar surface area (TPSA) is 95.9 Å². The lowest BCUT2D eigenvalue weighted by molar-refractivity contribution is 0.0742. The predicted molar refractivity (Wildman–Crippen MR) is 118 cm³/mol. The number of carbonyl (C=O) groups is 1. The Morgan fingerprint density at radius 1 is 0.970 bits per heavy atom. The van der Waals surface area contributed by atoms with Crippen LogP contribution < -0.4 is 9.80 Å². The maximum Gasteiger partial charge on any atom is 0.341 e. The van der Waals surface area contributed by atoms with Crippen molar-refractivity contribution in [1.29, 1.82) is 0 Å². The molecule has 1 amide bonds. The molecule has 4 rings (SSSR count). The third-order valence-corrected chi connectivity index (χ3v) is 7.13. The number of morpholine rings is 1. The number of carbonyl (C=O) groups excluding carboxylic acids is 1. The summed E-state index contributed by atoms with van der Waals surface area (Å²) in [5.41, 5.74) is -0.237. The summed E-state index contributed by atoms with van der Waals surface area (Å²) in [5.74, 6) is -1.96. The molecule has 3 heterocycles. The Morgan fingerprint density at radius 3 is 2.15 bits per heavy atom. The minimum Gasteiger partial charge on any atom is -0.378 e. The van der Waals surface area contributed by atoms with Gasteiger partial charge < -0.3 is 19.4 Å². The number of benzene rings is 1. The van der Waals surface area contributed by atoms with E-state index < -0.39 is 26.4 Å². The monoisotopic (exact) mass is 481 g/mol. The number of nitrogens with zero attached hydrogens (tertiary/aromatic N) is 5. The van der Waals surface area contributed by atoms with Crippen LogP contribution in [0.1, 0.15) is 16.2 Å². The van der Waals surface area contributed by atoms with Crippen molar-refractivity contribution in [2.75, 3.05) is 62.3 Å². The summed E-state index contributed by atoms with van der Waals surface area (Å²) in [6, 6.07) is 7.02. The molecule has 1 aromatic carbocycles. The van der Waals surface area contributed by atoms with Crippen LogP contribution >= 0.6 is 0 Å². The molecule has 2 fully saturated rings. The summed E-state index contributed by atoms with van der Waals surface area (Å²) in [4.78, 5) is 27.1. The number of aromatic nitrogens is 2. The third kappa shape index (κ3) is 4.91. The SMILES string of the molecule is Cc1nc(N2CCOCC2)cc(N2CCN(C(=O)c3ccccc3S(=O)(=O)C(F)F)CC2)n1. The number of hydrogen-bond acceptors (Lipinski definition) is 8. The summed E-state index contributed by atoms with van der Waals surface area (Å²) < 4.78 is 55.6. The van der Waals surface area contributed by atoms with Gasteiger partial charge in [-0.15, -0.1) is 0 Å². The first-order valence-corrected chi connectivity index (χ1v) is 12.2. The highest BCUT2D eigenvalue weighted by atomic mass is 32.2. The highest BCUT2D eigenvalue weighted by Crippen LogP contribution is 2.25. The number of piperazine rings is 1. The Labute approximate surface area is 190 Å². The van der Waals surface area contributed by atoms with Crippen LogP contribution in [0.3, 0.4) is 0 Å². The lowest BCUT2D eigenvalue weighted by Gasteiger charge is -2.36. The molecule has 33 heavy (non-hydrogen) atoms. The number of aryl methyl sites for hydroxylation is 1. The van der Waals surface area contributed by atoms with Crippen LogP contribution in [0.15, 0.2) is 35.2 Å². The van der Waals surface area contributed by atoms with Crippen LogP contribution in [0.5, 0.6) is 0 Å². The van der Waals surface area contributed by atoms with Crippen molar-refractivity contribution in [2.24, 2.45) is 0 Å². The van der Waals surface area contributed by atoms with Gasteiger partial charge in [0, 0.05) is 45.3 Å². The zero-order chi connectivity index (χ0) is 23.6. The highest BCUT2D eigenvalue weighted by Gasteiger charge is 2.33. The first kappa shape index (κ1) is 23.3. The number of sulfone groups is 1. The summed E-state index contributed by atoms with van der Waals surface area (Å²) in [5, 5.41) is 0. The fraction of sp³-hybridized carbons (Fsp3) is 0.476. The van der Waals surface area contributed by atoms with E-state index >= 15 is 0 Å². The second-order valence-corrected chi connectivity index (χ2v) is 9.70. The van der Waals surface area contributed by atoms with Crippen molar-refractivity contribution in [3.8, 4) is 0 Å². The number of anilines is 2. The molecule has 178 valence electrons. The molecule has 2 aliphatic rings. The maximum atomic E-state index is 13.1. The van der Waals surface area contributed by atoms with E-state index in [9.17, 15) is 22.0 Å². The number of alkyl halides is 2. The van der Waals surface area contributed by atoms with Gasteiger partial charge >= 0.3 is 5.76 Å². The summed E-state index contributed by atoms with van der Waals surface area (Å²) in [6.45, 7) is 6.15. The standard InChI is InChI=1S/C21H25F2N5O4S/c1-15-24-18(14-19(25-15)27-10-12-32-13-11-27)26-6-8-28(9-7-26)20(29)16-4-2-3-5-17(16)33(30,31)21(22)23/h2-5,14,21H,6-13H2,1H3. The normalized spacial score (nSPS) is 17.5. The zero-order valence-corrected chi connectivity index (χ0v) is 19.0. The number of hydrogen-bond donors (Lipinski definition) is 0. The van der Waals surface area contributed by atoms with Crippen molar-refractivity contribution in [1.82, 2.24) is 14.9 Å². The molecule has 0 atom stereocenters. The Morgan fingerprint density at radius 2 is 1.55 bits per heavy atom. The van der Waals surface area contributed by atoms with Gasteiger partial charge in [-0.3, -0.25) is 4.79 Å². The van der Waals surface area contributed by atoms with Crippen LogP contribution in [0, 0.1) is 6.92 Å². The summed E-state index contributed by atoms with van der Waals surface area (Å²) in [7, 11) is -4.89. The van der Waals surface area contributed by atoms with E-state index in [0.717, 1.165) is 30.8 Å². The smallest absolute Gasteiger partial charge is 0.341 e. The maximum absolute atomic E-state index is 13.1. The largest absolute Gasteiger partial charge is 0.378 e. The summed E-state index contributed by atoms with van der Waals surface area (Å²) in [6.07, 6.45) is 0. The van der Waals surface area contributed by atoms with Gasteiger partial charge in [-0.2, -0.15) is 8.78 Å². The highest BCUT2D eigenvalue weighted by molar-refractivity contribution is 7.91. The Balaban J connectivity index is 1.48. The molecule has 0 unspecified atom stereocenters. The minimum atomic E-state index is -4.89. The van der Waals surface area contributed by atoms with Gasteiger partial charge in [0.25, 0.3) is 5.91 Å². The van der Waals surface area contributed by atoms with Gasteiger partial charge in [0.2, 0.25) is 9.84 Å². The molecular weight excluding hydrogens is 456 g/mol. The second kappa shape index (κ2) is 9.56. The number of ether oxygens (including phenoxy) is 1. The van der Waals surface area contributed by atoms with Crippen molar-refractivity contribution >= 4 is 27.4 Å². The van der Waals surface area contributed by atoms with Crippen molar-refractivity contribution in [3.05, 3.63) is 41.7 Å². The average molecular weight is 482 g/mol. The Kier molecular flexibility index (Phi) is 6.75. The lowest BCUT2D eigenvalue weighted by atomic mass is 10.2. The van der Waals surface area contributed by atoms with E-state index in [-0.39, 0.29) is 5.56 Å². The molecule has 9 nitrogen and oxygen atoms in total. The van der Waals surface area contributed by atoms with Crippen LogP contribution in [0.25, 0.3) is 0 Å². The lowest BCUT2D eigenvalue weighted by Crippen LogP contribution is -2.49. The van der Waals surface area contributed by atoms with Gasteiger partial charge in [0.15, 0.2) is 0 Å². The van der Waals surface area contributed by atoms with Crippen LogP contribution in [0.4, 0.5) is 20.4 Å². The molecule has 1 aromatic heterocycles. The molecule has 0 spiro atoms. The van der Waals surface area contributed by atoms with E-state index in [1.807, 2.05) is 17.9 Å². The van der Waals surface area contributed by atoms with Crippen molar-refractivity contribution in [2.45, 2.75) is 17.6 Å². The van der Waals surface area contributed by atoms with Crippen LogP contribution in [-0.2, 0) is 14.6 Å². The molecule has 0 aliphatic carbocycles. The first-order chi connectivity index (χ1) is 15.8. The predicted octanol–water partition coefficient (Wildman–Crippen LogP) is 1.58. The molecule has 0 radical (unpaired) electrons.